The molecule has 0 radical (unpaired) electrons. The van der Waals surface area contributed by atoms with Crippen molar-refractivity contribution in [3.8, 4) is 0 Å². The molecule has 0 bridgehead atoms. The summed E-state index contributed by atoms with van der Waals surface area (Å²) in [7, 11) is 0. The summed E-state index contributed by atoms with van der Waals surface area (Å²) in [6, 6.07) is 0. The molecule has 0 aromatic rings. The van der Waals surface area contributed by atoms with Crippen molar-refractivity contribution in [2.45, 2.75) is 0 Å². The van der Waals surface area contributed by atoms with Crippen molar-refractivity contribution < 1.29 is 274 Å². The third kappa shape index (κ3) is 4360. The Balaban J connectivity index is 0. The Morgan fingerprint density at radius 3 is 0.0333 bits per heavy atom. The molecule has 0 saturated heterocycles. The van der Waals surface area contributed by atoms with Gasteiger partial charge in [0.1, 0.15) is 0 Å². The molecule has 0 rings (SSSR count). The van der Waals surface area contributed by atoms with Crippen LogP contribution in [0.4, 0.5) is 0 Å². The summed E-state index contributed by atoms with van der Waals surface area (Å²) in [5.74, 6) is 0. The molecule has 0 amide bonds. The van der Waals surface area contributed by atoms with Gasteiger partial charge in [-0.3, -0.25) is 0 Å². The van der Waals surface area contributed by atoms with Crippen molar-refractivity contribution in [3.63, 3.8) is 0 Å². The average molecular weight is 1140 g/mol. The molecule has 0 aromatic carbocycles. The molecule has 60 heteroatoms. The summed E-state index contributed by atoms with van der Waals surface area (Å²) in [4.78, 5) is 0. The predicted molar refractivity (Wildman–Crippen MR) is 252 cm³/mol. The fraction of sp³-hybridized carbons (Fsp3) is 0. The number of rotatable bonds is 0. The van der Waals surface area contributed by atoms with Gasteiger partial charge in [0.25, 0.3) is 0 Å². The molecule has 0 unspecified atom stereocenters. The molecule has 0 aromatic heterocycles. The maximum absolute atomic E-state index is 0. The zero-order valence-corrected chi connectivity index (χ0v) is 25.0. The van der Waals surface area contributed by atoms with E-state index in [2.05, 4.69) is 0 Å². The van der Waals surface area contributed by atoms with Gasteiger partial charge in [-0.2, -0.15) is 0 Å². The first kappa shape index (κ1) is 4770. The zero-order valence-electron chi connectivity index (χ0n) is 25.0. The minimum atomic E-state index is 0. The molecular weight excluding hydrogens is 1030 g/mol. The van der Waals surface area contributed by atoms with Crippen LogP contribution >= 0.6 is 0 Å². The van der Waals surface area contributed by atoms with Crippen molar-refractivity contribution >= 4 is 296 Å². The van der Waals surface area contributed by atoms with Gasteiger partial charge in [-0.05, 0) is 0 Å². The second-order valence-electron chi connectivity index (χ2n) is 0. The number of hydrogen-bond donors (Lipinski definition) is 0. The van der Waals surface area contributed by atoms with Gasteiger partial charge in [-0.25, -0.2) is 0 Å². The van der Waals surface area contributed by atoms with Gasteiger partial charge in [-0.15, -0.1) is 0 Å². The molecule has 0 fully saturated rings. The van der Waals surface area contributed by atoms with Crippen molar-refractivity contribution in [2.24, 2.45) is 0 Å². The van der Waals surface area contributed by atoms with E-state index in [0.717, 1.165) is 0 Å². The molecule has 0 saturated carbocycles. The third-order valence-corrected chi connectivity index (χ3v) is 0. The predicted octanol–water partition coefficient (Wildman–Crippen LogP) is -47.7. The monoisotopic (exact) mass is 1140 g/mol. The summed E-state index contributed by atoms with van der Waals surface area (Å²) in [5.41, 5.74) is 0. The number of hydrogen-bond acceptors (Lipinski definition) is 0. The maximum atomic E-state index is 0. The average Bonchev–Trinajstić information content (AvgIpc) is 0. The van der Waals surface area contributed by atoms with E-state index in [0.29, 0.717) is 0 Å². The van der Waals surface area contributed by atoms with E-state index in [1.165, 1.54) is 0 Å². The van der Waals surface area contributed by atoms with Crippen LogP contribution in [0.25, 0.3) is 0 Å². The van der Waals surface area contributed by atoms with Crippen LogP contribution in [0.2, 0.25) is 0 Å². The molecule has 0 spiro atoms. The van der Waals surface area contributed by atoms with Crippen LogP contribution in [-0.4, -0.2) is 569 Å². The van der Waals surface area contributed by atoms with E-state index in [1.54, 1.807) is 0 Å². The van der Waals surface area contributed by atoms with Crippen LogP contribution in [0, 0.1) is 0 Å². The normalized spacial score (nSPS) is 0. The zero-order chi connectivity index (χ0) is 0. The van der Waals surface area contributed by atoms with Gasteiger partial charge in [-0.1, -0.05) is 0 Å². The summed E-state index contributed by atoms with van der Waals surface area (Å²) in [5, 5.41) is 0. The molecule has 420 valence electrons. The molecule has 50 nitrogen and oxygen atoms in total. The van der Waals surface area contributed by atoms with Crippen LogP contribution in [0.5, 0.6) is 0 Å². The van der Waals surface area contributed by atoms with Crippen LogP contribution in [0.1, 0.15) is 0 Å². The third-order valence-electron chi connectivity index (χ3n) is 0. The van der Waals surface area contributed by atoms with Crippen LogP contribution < -0.4 is 0 Å². The molecule has 0 aliphatic carbocycles. The van der Waals surface area contributed by atoms with E-state index < -0.39 is 0 Å². The van der Waals surface area contributed by atoms with E-state index in [4.69, 9.17) is 0 Å². The molecule has 0 aliphatic rings. The second kappa shape index (κ2) is 4560. The Hall–Kier alpha value is 8.00. The van der Waals surface area contributed by atoms with Crippen LogP contribution in [-0.2, 0) is 0 Å². The van der Waals surface area contributed by atoms with Gasteiger partial charge < -0.3 is 274 Å². The Kier molecular flexibility index (Phi) is 363000. The van der Waals surface area contributed by atoms with Gasteiger partial charge in [0.05, 0.1) is 0 Å². The Morgan fingerprint density at radius 1 is 0.0333 bits per heavy atom. The van der Waals surface area contributed by atoms with Crippen molar-refractivity contribution in [1.29, 1.82) is 0 Å². The topological polar surface area (TPSA) is 1580 Å². The van der Waals surface area contributed by atoms with Gasteiger partial charge in [0, 0.05) is 0 Å². The van der Waals surface area contributed by atoms with E-state index >= 15 is 0 Å². The van der Waals surface area contributed by atoms with E-state index in [1.807, 2.05) is 0 Å². The summed E-state index contributed by atoms with van der Waals surface area (Å²) < 4.78 is 0. The summed E-state index contributed by atoms with van der Waals surface area (Å²) in [6.45, 7) is 0. The van der Waals surface area contributed by atoms with E-state index in [-0.39, 0.29) is 569 Å². The van der Waals surface area contributed by atoms with Crippen LogP contribution in [0.3, 0.4) is 0 Å². The fourth-order valence-electron chi connectivity index (χ4n) is 0. The van der Waals surface area contributed by atoms with Gasteiger partial charge >= 0.3 is 296 Å². The minimum absolute atomic E-state index is 0. The van der Waals surface area contributed by atoms with Crippen molar-refractivity contribution in [1.82, 2.24) is 0 Å². The first-order valence-corrected chi connectivity index (χ1v) is 0. The van der Waals surface area contributed by atoms with Gasteiger partial charge in [0.2, 0.25) is 0 Å². The fourth-order valence-corrected chi connectivity index (χ4v) is 0. The molecule has 0 aliphatic heterocycles. The standard InChI is InChI=1S/10Na.50H2O.10H/h;;;;;;;;;;50*1H2;;;;;;;;;;. The Bertz CT molecular complexity index is 39.0. The first-order chi connectivity index (χ1) is 0. The van der Waals surface area contributed by atoms with Gasteiger partial charge in [0.15, 0.2) is 0 Å². The Labute approximate surface area is 560 Å². The first-order valence-electron chi connectivity index (χ1n) is 0. The Morgan fingerprint density at radius 2 is 0.0333 bits per heavy atom. The summed E-state index contributed by atoms with van der Waals surface area (Å²) >= 11 is 0. The van der Waals surface area contributed by atoms with Crippen LogP contribution in [0.15, 0.2) is 0 Å². The molecule has 100 N–H and O–H groups in total. The summed E-state index contributed by atoms with van der Waals surface area (Å²) in [6.07, 6.45) is 0. The van der Waals surface area contributed by atoms with Crippen molar-refractivity contribution in [2.75, 3.05) is 0 Å². The quantitative estimate of drug-likeness (QED) is 0.204. The second-order valence-corrected chi connectivity index (χ2v) is 0. The van der Waals surface area contributed by atoms with E-state index in [9.17, 15) is 0 Å². The molecule has 0 atom stereocenters. The van der Waals surface area contributed by atoms with Crippen molar-refractivity contribution in [3.05, 3.63) is 0 Å². The SMILES string of the molecule is O.O.O.O.O.O.O.O.O.O.O.O.O.O.O.O.O.O.O.O.O.O.O.O.O.O.O.O.O.O.O.O.O.O.O.O.O.O.O.O.O.O.O.O.O.O.O.O.O.O.[NaH].[NaH].[NaH].[NaH].[NaH].[NaH].[NaH].[NaH].[NaH].[NaH]. The molecule has 0 heterocycles. The molecule has 60 heavy (non-hydrogen) atoms. The molecular formula is H110Na10O50.